The second-order valence-electron chi connectivity index (χ2n) is 6.49. The summed E-state index contributed by atoms with van der Waals surface area (Å²) in [6.07, 6.45) is 2.91. The zero-order chi connectivity index (χ0) is 14.0. The average Bonchev–Trinajstić information content (AvgIpc) is 2.73. The summed E-state index contributed by atoms with van der Waals surface area (Å²) in [5.41, 5.74) is 3.89. The molecule has 0 spiro atoms. The normalized spacial score (nSPS) is 19.8. The van der Waals surface area contributed by atoms with E-state index in [1.165, 1.54) is 16.7 Å². The smallest absolute Gasteiger partial charge is 0.180 e. The SMILES string of the molecule is C[SiH](O[C@H]1CCc2c(CC#N)cccc21)C(C)(C)C. The maximum absolute atomic E-state index is 8.89. The van der Waals surface area contributed by atoms with Crippen LogP contribution in [-0.2, 0) is 17.3 Å². The summed E-state index contributed by atoms with van der Waals surface area (Å²) in [5, 5.41) is 9.19. The molecule has 1 aliphatic rings. The van der Waals surface area contributed by atoms with Gasteiger partial charge in [-0.15, -0.1) is 0 Å². The molecule has 19 heavy (non-hydrogen) atoms. The van der Waals surface area contributed by atoms with Gasteiger partial charge in [0, 0.05) is 0 Å². The van der Waals surface area contributed by atoms with E-state index in [2.05, 4.69) is 51.6 Å². The highest BCUT2D eigenvalue weighted by Crippen LogP contribution is 2.39. The Morgan fingerprint density at radius 2 is 2.16 bits per heavy atom. The van der Waals surface area contributed by atoms with Gasteiger partial charge in [0.2, 0.25) is 0 Å². The third-order valence-electron chi connectivity index (χ3n) is 4.17. The van der Waals surface area contributed by atoms with Crippen LogP contribution in [0.2, 0.25) is 11.6 Å². The monoisotopic (exact) mass is 273 g/mol. The van der Waals surface area contributed by atoms with Gasteiger partial charge in [-0.3, -0.25) is 0 Å². The lowest BCUT2D eigenvalue weighted by molar-refractivity contribution is 0.198. The number of fused-ring (bicyclic) bond motifs is 1. The zero-order valence-corrected chi connectivity index (χ0v) is 13.5. The van der Waals surface area contributed by atoms with E-state index in [0.717, 1.165) is 12.8 Å². The first-order chi connectivity index (χ1) is 8.93. The van der Waals surface area contributed by atoms with Crippen LogP contribution in [0, 0.1) is 11.3 Å². The quantitative estimate of drug-likeness (QED) is 0.782. The molecule has 102 valence electrons. The largest absolute Gasteiger partial charge is 0.413 e. The average molecular weight is 273 g/mol. The molecule has 0 fully saturated rings. The lowest BCUT2D eigenvalue weighted by Gasteiger charge is -2.29. The van der Waals surface area contributed by atoms with Crippen molar-refractivity contribution in [3.63, 3.8) is 0 Å². The van der Waals surface area contributed by atoms with Crippen molar-refractivity contribution < 1.29 is 4.43 Å². The van der Waals surface area contributed by atoms with Gasteiger partial charge in [-0.2, -0.15) is 5.26 Å². The number of rotatable bonds is 3. The van der Waals surface area contributed by atoms with Gasteiger partial charge < -0.3 is 4.43 Å². The molecule has 0 amide bonds. The number of nitrogens with zero attached hydrogens (tertiary/aromatic N) is 1. The second-order valence-corrected chi connectivity index (χ2v) is 9.78. The van der Waals surface area contributed by atoms with E-state index in [9.17, 15) is 0 Å². The fourth-order valence-electron chi connectivity index (χ4n) is 2.53. The zero-order valence-electron chi connectivity index (χ0n) is 12.4. The topological polar surface area (TPSA) is 33.0 Å². The van der Waals surface area contributed by atoms with E-state index < -0.39 is 9.04 Å². The lowest BCUT2D eigenvalue weighted by Crippen LogP contribution is -2.27. The van der Waals surface area contributed by atoms with Gasteiger partial charge in [0.1, 0.15) is 0 Å². The van der Waals surface area contributed by atoms with Crippen molar-refractivity contribution in [1.29, 1.82) is 5.26 Å². The van der Waals surface area contributed by atoms with Crippen LogP contribution in [0.5, 0.6) is 0 Å². The summed E-state index contributed by atoms with van der Waals surface area (Å²) < 4.78 is 6.39. The molecule has 1 aromatic carbocycles. The molecule has 0 heterocycles. The minimum atomic E-state index is -1.20. The van der Waals surface area contributed by atoms with Crippen molar-refractivity contribution in [2.75, 3.05) is 0 Å². The lowest BCUT2D eigenvalue weighted by atomic mass is 10.0. The van der Waals surface area contributed by atoms with Gasteiger partial charge in [0.05, 0.1) is 18.6 Å². The molecule has 1 aliphatic carbocycles. The van der Waals surface area contributed by atoms with E-state index in [1.54, 1.807) is 0 Å². The number of hydrogen-bond acceptors (Lipinski definition) is 2. The Morgan fingerprint density at radius 3 is 2.79 bits per heavy atom. The summed E-state index contributed by atoms with van der Waals surface area (Å²) in [7, 11) is -1.20. The van der Waals surface area contributed by atoms with Gasteiger partial charge in [-0.1, -0.05) is 39.0 Å². The first-order valence-corrected chi connectivity index (χ1v) is 9.27. The number of benzene rings is 1. The van der Waals surface area contributed by atoms with Crippen LogP contribution in [-0.4, -0.2) is 9.04 Å². The maximum Gasteiger partial charge on any atom is 0.180 e. The van der Waals surface area contributed by atoms with Crippen LogP contribution < -0.4 is 0 Å². The molecule has 0 aromatic heterocycles. The molecule has 1 aromatic rings. The molecule has 0 saturated heterocycles. The Bertz CT molecular complexity index is 498. The highest BCUT2D eigenvalue weighted by atomic mass is 28.3. The molecule has 0 bridgehead atoms. The highest BCUT2D eigenvalue weighted by molar-refractivity contribution is 6.53. The molecule has 2 nitrogen and oxygen atoms in total. The minimum Gasteiger partial charge on any atom is -0.413 e. The first-order valence-electron chi connectivity index (χ1n) is 7.06. The summed E-state index contributed by atoms with van der Waals surface area (Å²) >= 11 is 0. The van der Waals surface area contributed by atoms with Gasteiger partial charge in [-0.25, -0.2) is 0 Å². The van der Waals surface area contributed by atoms with Crippen molar-refractivity contribution in [2.24, 2.45) is 0 Å². The van der Waals surface area contributed by atoms with Gasteiger partial charge in [0.25, 0.3) is 0 Å². The number of nitriles is 1. The summed E-state index contributed by atoms with van der Waals surface area (Å²) in [6.45, 7) is 9.10. The van der Waals surface area contributed by atoms with Crippen molar-refractivity contribution >= 4 is 9.04 Å². The molecule has 3 heteroatoms. The van der Waals surface area contributed by atoms with Crippen molar-refractivity contribution in [3.8, 4) is 6.07 Å². The molecule has 0 N–H and O–H groups in total. The second kappa shape index (κ2) is 5.48. The van der Waals surface area contributed by atoms with E-state index in [4.69, 9.17) is 9.69 Å². The van der Waals surface area contributed by atoms with E-state index >= 15 is 0 Å². The van der Waals surface area contributed by atoms with Crippen LogP contribution >= 0.6 is 0 Å². The van der Waals surface area contributed by atoms with Crippen molar-refractivity contribution in [2.45, 2.75) is 57.7 Å². The van der Waals surface area contributed by atoms with Gasteiger partial charge in [0.15, 0.2) is 9.04 Å². The van der Waals surface area contributed by atoms with Crippen LogP contribution in [0.25, 0.3) is 0 Å². The minimum absolute atomic E-state index is 0.259. The summed E-state index contributed by atoms with van der Waals surface area (Å²) in [4.78, 5) is 0. The van der Waals surface area contributed by atoms with Crippen LogP contribution in [0.15, 0.2) is 18.2 Å². The summed E-state index contributed by atoms with van der Waals surface area (Å²) in [5.74, 6) is 0. The fourth-order valence-corrected chi connectivity index (χ4v) is 3.72. The van der Waals surface area contributed by atoms with Gasteiger partial charge in [-0.05, 0) is 41.1 Å². The Morgan fingerprint density at radius 1 is 1.42 bits per heavy atom. The Balaban J connectivity index is 2.19. The molecular formula is C16H23NOSi. The van der Waals surface area contributed by atoms with Crippen molar-refractivity contribution in [1.82, 2.24) is 0 Å². The van der Waals surface area contributed by atoms with Crippen molar-refractivity contribution in [3.05, 3.63) is 34.9 Å². The van der Waals surface area contributed by atoms with E-state index in [-0.39, 0.29) is 6.10 Å². The van der Waals surface area contributed by atoms with Crippen LogP contribution in [0.4, 0.5) is 0 Å². The fraction of sp³-hybridized carbons (Fsp3) is 0.562. The molecule has 2 rings (SSSR count). The molecule has 0 radical (unpaired) electrons. The number of hydrogen-bond donors (Lipinski definition) is 0. The Kier molecular flexibility index (Phi) is 4.12. The standard InChI is InChI=1S/C16H23NOSi/c1-16(2,3)19(4)18-15-9-8-13-12(10-11-17)6-5-7-14(13)15/h5-7,15,19H,8-10H2,1-4H3/t15-,19?/m0/s1. The Hall–Kier alpha value is -1.11. The third kappa shape index (κ3) is 3.07. The maximum atomic E-state index is 8.89. The van der Waals surface area contributed by atoms with E-state index in [0.29, 0.717) is 11.5 Å². The van der Waals surface area contributed by atoms with Crippen LogP contribution in [0.1, 0.15) is 50.0 Å². The van der Waals surface area contributed by atoms with Gasteiger partial charge >= 0.3 is 0 Å². The third-order valence-corrected chi connectivity index (χ3v) is 7.35. The summed E-state index contributed by atoms with van der Waals surface area (Å²) in [6, 6.07) is 8.58. The van der Waals surface area contributed by atoms with E-state index in [1.807, 2.05) is 0 Å². The first kappa shape index (κ1) is 14.3. The predicted octanol–water partition coefficient (Wildman–Crippen LogP) is 3.91. The predicted molar refractivity (Wildman–Crippen MR) is 80.6 cm³/mol. The molecule has 2 atom stereocenters. The molecule has 0 saturated carbocycles. The highest BCUT2D eigenvalue weighted by Gasteiger charge is 2.31. The molecule has 1 unspecified atom stereocenters. The van der Waals surface area contributed by atoms with Crippen LogP contribution in [0.3, 0.4) is 0 Å². The Labute approximate surface area is 118 Å². The molecular weight excluding hydrogens is 250 g/mol. The molecule has 0 aliphatic heterocycles.